The highest BCUT2D eigenvalue weighted by Crippen LogP contribution is 2.29. The van der Waals surface area contributed by atoms with E-state index in [2.05, 4.69) is 22.3 Å². The lowest BCUT2D eigenvalue weighted by Gasteiger charge is -2.44. The number of benzene rings is 2. The lowest BCUT2D eigenvalue weighted by molar-refractivity contribution is -0.135. The van der Waals surface area contributed by atoms with E-state index in [4.69, 9.17) is 4.74 Å². The zero-order valence-corrected chi connectivity index (χ0v) is 16.4. The summed E-state index contributed by atoms with van der Waals surface area (Å²) in [4.78, 5) is 17.2. The minimum Gasteiger partial charge on any atom is -0.497 e. The second-order valence-electron chi connectivity index (χ2n) is 7.44. The number of amides is 1. The highest BCUT2D eigenvalue weighted by atomic mass is 16.5. The van der Waals surface area contributed by atoms with Crippen LogP contribution in [0, 0.1) is 0 Å². The van der Waals surface area contributed by atoms with Crippen LogP contribution in [-0.2, 0) is 11.3 Å². The minimum atomic E-state index is -0.609. The van der Waals surface area contributed by atoms with Gasteiger partial charge in [-0.15, -0.1) is 0 Å². The van der Waals surface area contributed by atoms with E-state index < -0.39 is 5.54 Å². The van der Waals surface area contributed by atoms with E-state index >= 15 is 0 Å². The van der Waals surface area contributed by atoms with Gasteiger partial charge < -0.3 is 15.0 Å². The summed E-state index contributed by atoms with van der Waals surface area (Å²) < 4.78 is 5.34. The minimum absolute atomic E-state index is 0.127. The first-order valence-corrected chi connectivity index (χ1v) is 9.43. The van der Waals surface area contributed by atoms with Crippen molar-refractivity contribution < 1.29 is 9.53 Å². The van der Waals surface area contributed by atoms with Gasteiger partial charge in [0.25, 0.3) is 0 Å². The van der Waals surface area contributed by atoms with Crippen LogP contribution >= 0.6 is 0 Å². The molecule has 27 heavy (non-hydrogen) atoms. The largest absolute Gasteiger partial charge is 0.497 e. The molecule has 1 heterocycles. The van der Waals surface area contributed by atoms with Crippen LogP contribution < -0.4 is 10.1 Å². The molecule has 1 atom stereocenters. The fraction of sp³-hybridized carbons (Fsp3) is 0.409. The van der Waals surface area contributed by atoms with Crippen molar-refractivity contribution in [2.24, 2.45) is 0 Å². The van der Waals surface area contributed by atoms with Crippen LogP contribution in [0.25, 0.3) is 0 Å². The fourth-order valence-electron chi connectivity index (χ4n) is 3.86. The van der Waals surface area contributed by atoms with Gasteiger partial charge in [0.1, 0.15) is 11.3 Å². The highest BCUT2D eigenvalue weighted by Gasteiger charge is 2.43. The van der Waals surface area contributed by atoms with Crippen LogP contribution in [0.5, 0.6) is 5.75 Å². The van der Waals surface area contributed by atoms with Crippen molar-refractivity contribution in [1.82, 2.24) is 9.80 Å². The van der Waals surface area contributed by atoms with Crippen molar-refractivity contribution in [1.29, 1.82) is 0 Å². The third-order valence-electron chi connectivity index (χ3n) is 5.08. The third-order valence-corrected chi connectivity index (χ3v) is 5.08. The summed E-state index contributed by atoms with van der Waals surface area (Å²) in [5.41, 5.74) is 1.57. The first kappa shape index (κ1) is 19.2. The molecule has 0 spiro atoms. The van der Waals surface area contributed by atoms with E-state index in [1.807, 2.05) is 56.6 Å². The topological polar surface area (TPSA) is 44.8 Å². The number of hydrogen-bond acceptors (Lipinski definition) is 4. The summed E-state index contributed by atoms with van der Waals surface area (Å²) in [6, 6.07) is 18.2. The zero-order valence-electron chi connectivity index (χ0n) is 16.4. The molecule has 3 rings (SSSR count). The van der Waals surface area contributed by atoms with Crippen LogP contribution in [0.4, 0.5) is 5.69 Å². The number of anilines is 1. The van der Waals surface area contributed by atoms with Gasteiger partial charge in [0, 0.05) is 32.9 Å². The standard InChI is InChI=1S/C22H29N3O2/c1-24(2)21(26)22(23-19-10-5-4-6-11-19)13-8-14-25(17-22)16-18-9-7-12-20(15-18)27-3/h4-7,9-12,15,23H,8,13-14,16-17H2,1-3H3. The van der Waals surface area contributed by atoms with Crippen LogP contribution in [0.1, 0.15) is 18.4 Å². The lowest BCUT2D eigenvalue weighted by atomic mass is 9.86. The highest BCUT2D eigenvalue weighted by molar-refractivity contribution is 5.89. The molecule has 2 aromatic rings. The number of carbonyl (C=O) groups is 1. The van der Waals surface area contributed by atoms with E-state index in [0.29, 0.717) is 6.54 Å². The number of carbonyl (C=O) groups excluding carboxylic acids is 1. The summed E-state index contributed by atoms with van der Waals surface area (Å²) in [7, 11) is 5.35. The Kier molecular flexibility index (Phi) is 6.01. The maximum atomic E-state index is 13.1. The SMILES string of the molecule is COc1cccc(CN2CCCC(Nc3ccccc3)(C(=O)N(C)C)C2)c1. The van der Waals surface area contributed by atoms with Crippen molar-refractivity contribution in [2.75, 3.05) is 39.6 Å². The number of rotatable bonds is 6. The Hall–Kier alpha value is -2.53. The summed E-state index contributed by atoms with van der Waals surface area (Å²) in [5.74, 6) is 0.990. The fourth-order valence-corrected chi connectivity index (χ4v) is 3.86. The quantitative estimate of drug-likeness (QED) is 0.851. The number of nitrogens with zero attached hydrogens (tertiary/aromatic N) is 2. The van der Waals surface area contributed by atoms with Gasteiger partial charge in [0.15, 0.2) is 0 Å². The molecule has 1 aliphatic rings. The molecule has 5 heteroatoms. The Morgan fingerprint density at radius 1 is 1.19 bits per heavy atom. The molecule has 1 amide bonds. The molecule has 144 valence electrons. The van der Waals surface area contributed by atoms with E-state index in [1.165, 1.54) is 5.56 Å². The number of piperidine rings is 1. The number of methoxy groups -OCH3 is 1. The van der Waals surface area contributed by atoms with Gasteiger partial charge >= 0.3 is 0 Å². The molecule has 0 aliphatic carbocycles. The zero-order chi connectivity index (χ0) is 19.3. The molecule has 0 radical (unpaired) electrons. The smallest absolute Gasteiger partial charge is 0.249 e. The molecule has 0 aromatic heterocycles. The lowest BCUT2D eigenvalue weighted by Crippen LogP contribution is -2.61. The monoisotopic (exact) mass is 367 g/mol. The summed E-state index contributed by atoms with van der Waals surface area (Å²) in [6.45, 7) is 2.46. The number of ether oxygens (including phenoxy) is 1. The second kappa shape index (κ2) is 8.44. The predicted molar refractivity (Wildman–Crippen MR) is 109 cm³/mol. The first-order chi connectivity index (χ1) is 13.0. The molecule has 1 N–H and O–H groups in total. The van der Waals surface area contributed by atoms with Crippen LogP contribution in [0.2, 0.25) is 0 Å². The normalized spacial score (nSPS) is 20.1. The van der Waals surface area contributed by atoms with Crippen molar-refractivity contribution in [2.45, 2.75) is 24.9 Å². The van der Waals surface area contributed by atoms with Gasteiger partial charge in [-0.3, -0.25) is 9.69 Å². The van der Waals surface area contributed by atoms with Gasteiger partial charge in [-0.05, 0) is 49.2 Å². The maximum Gasteiger partial charge on any atom is 0.249 e. The number of nitrogens with one attached hydrogen (secondary N) is 1. The van der Waals surface area contributed by atoms with E-state index in [0.717, 1.165) is 37.4 Å². The van der Waals surface area contributed by atoms with Gasteiger partial charge in [0.05, 0.1) is 7.11 Å². The molecule has 0 saturated carbocycles. The number of para-hydroxylation sites is 1. The average molecular weight is 367 g/mol. The third kappa shape index (κ3) is 4.61. The number of likely N-dealkylation sites (tertiary alicyclic amines) is 1. The Balaban J connectivity index is 1.81. The first-order valence-electron chi connectivity index (χ1n) is 9.43. The Labute approximate surface area is 161 Å². The maximum absolute atomic E-state index is 13.1. The van der Waals surface area contributed by atoms with Gasteiger partial charge in [0.2, 0.25) is 5.91 Å². The molecule has 5 nitrogen and oxygen atoms in total. The molecule has 1 unspecified atom stereocenters. The number of likely N-dealkylation sites (N-methyl/N-ethyl adjacent to an activating group) is 1. The van der Waals surface area contributed by atoms with Gasteiger partial charge in [-0.25, -0.2) is 0 Å². The molecule has 1 aliphatic heterocycles. The Bertz CT molecular complexity index is 763. The second-order valence-corrected chi connectivity index (χ2v) is 7.44. The Morgan fingerprint density at radius 2 is 1.96 bits per heavy atom. The van der Waals surface area contributed by atoms with E-state index in [9.17, 15) is 4.79 Å². The van der Waals surface area contributed by atoms with Crippen LogP contribution in [-0.4, -0.2) is 55.5 Å². The molecular formula is C22H29N3O2. The molecule has 2 aromatic carbocycles. The molecule has 1 saturated heterocycles. The summed E-state index contributed by atoms with van der Waals surface area (Å²) in [5, 5.41) is 3.56. The van der Waals surface area contributed by atoms with Crippen molar-refractivity contribution >= 4 is 11.6 Å². The molecule has 0 bridgehead atoms. The Morgan fingerprint density at radius 3 is 2.67 bits per heavy atom. The van der Waals surface area contributed by atoms with Crippen LogP contribution in [0.3, 0.4) is 0 Å². The van der Waals surface area contributed by atoms with E-state index in [1.54, 1.807) is 12.0 Å². The average Bonchev–Trinajstić information content (AvgIpc) is 2.68. The number of hydrogen-bond donors (Lipinski definition) is 1. The molecule has 1 fully saturated rings. The van der Waals surface area contributed by atoms with Crippen molar-refractivity contribution in [3.05, 3.63) is 60.2 Å². The molecular weight excluding hydrogens is 338 g/mol. The van der Waals surface area contributed by atoms with Gasteiger partial charge in [-0.1, -0.05) is 30.3 Å². The van der Waals surface area contributed by atoms with Crippen molar-refractivity contribution in [3.8, 4) is 5.75 Å². The van der Waals surface area contributed by atoms with Crippen LogP contribution in [0.15, 0.2) is 54.6 Å². The summed E-state index contributed by atoms with van der Waals surface area (Å²) >= 11 is 0. The van der Waals surface area contributed by atoms with Gasteiger partial charge in [-0.2, -0.15) is 0 Å². The predicted octanol–water partition coefficient (Wildman–Crippen LogP) is 3.23. The summed E-state index contributed by atoms with van der Waals surface area (Å²) in [6.07, 6.45) is 1.80. The van der Waals surface area contributed by atoms with Crippen molar-refractivity contribution in [3.63, 3.8) is 0 Å². The van der Waals surface area contributed by atoms with E-state index in [-0.39, 0.29) is 5.91 Å².